The fraction of sp³-hybridized carbons (Fsp3) is 0.600. The summed E-state index contributed by atoms with van der Waals surface area (Å²) in [5.41, 5.74) is 1.16. The lowest BCUT2D eigenvalue weighted by Gasteiger charge is -2.36. The van der Waals surface area contributed by atoms with E-state index in [1.54, 1.807) is 20.3 Å². The Morgan fingerprint density at radius 1 is 1.37 bits per heavy atom. The lowest BCUT2D eigenvalue weighted by Crippen LogP contribution is -2.40. The van der Waals surface area contributed by atoms with Crippen molar-refractivity contribution < 1.29 is 14.6 Å². The molecule has 2 atom stereocenters. The summed E-state index contributed by atoms with van der Waals surface area (Å²) in [7, 11) is 3.35. The smallest absolute Gasteiger partial charge is 0.160 e. The Bertz CT molecular complexity index is 422. The summed E-state index contributed by atoms with van der Waals surface area (Å²) in [5, 5.41) is 9.65. The standard InChI is InChI=1S/C15H23NO3/c1-11(16-8-4-5-13(10-16)18-2)12-6-7-14(17)15(9-12)19-3/h6-7,9,11,13,17H,4-5,8,10H2,1-3H3. The first kappa shape index (κ1) is 14.2. The zero-order valence-corrected chi connectivity index (χ0v) is 11.9. The number of hydrogen-bond donors (Lipinski definition) is 1. The molecule has 0 aliphatic carbocycles. The molecule has 1 aromatic carbocycles. The number of ether oxygens (including phenoxy) is 2. The second-order valence-electron chi connectivity index (χ2n) is 5.10. The normalized spacial score (nSPS) is 22.2. The third-order valence-electron chi connectivity index (χ3n) is 3.98. The van der Waals surface area contributed by atoms with Crippen LogP contribution in [0.2, 0.25) is 0 Å². The SMILES string of the molecule is COc1cc(C(C)N2CCCC(OC)C2)ccc1O. The minimum Gasteiger partial charge on any atom is -0.504 e. The van der Waals surface area contributed by atoms with Gasteiger partial charge < -0.3 is 14.6 Å². The van der Waals surface area contributed by atoms with Crippen molar-refractivity contribution >= 4 is 0 Å². The van der Waals surface area contributed by atoms with Crippen LogP contribution >= 0.6 is 0 Å². The molecule has 0 aromatic heterocycles. The average Bonchev–Trinajstić information content (AvgIpc) is 2.47. The van der Waals surface area contributed by atoms with E-state index >= 15 is 0 Å². The van der Waals surface area contributed by atoms with Gasteiger partial charge in [0, 0.05) is 19.7 Å². The molecule has 1 N–H and O–H groups in total. The van der Waals surface area contributed by atoms with E-state index in [4.69, 9.17) is 9.47 Å². The molecule has 1 aliphatic heterocycles. The first-order valence-electron chi connectivity index (χ1n) is 6.79. The maximum absolute atomic E-state index is 9.65. The maximum Gasteiger partial charge on any atom is 0.160 e. The van der Waals surface area contributed by atoms with E-state index in [-0.39, 0.29) is 5.75 Å². The number of benzene rings is 1. The Morgan fingerprint density at radius 3 is 2.84 bits per heavy atom. The number of phenols is 1. The topological polar surface area (TPSA) is 41.9 Å². The molecule has 4 heteroatoms. The molecule has 1 aromatic rings. The van der Waals surface area contributed by atoms with Crippen LogP contribution in [0.5, 0.6) is 11.5 Å². The first-order chi connectivity index (χ1) is 9.15. The maximum atomic E-state index is 9.65. The molecule has 0 amide bonds. The van der Waals surface area contributed by atoms with E-state index in [0.29, 0.717) is 17.9 Å². The molecule has 2 rings (SSSR count). The van der Waals surface area contributed by atoms with Gasteiger partial charge in [-0.3, -0.25) is 4.90 Å². The van der Waals surface area contributed by atoms with Gasteiger partial charge in [0.25, 0.3) is 0 Å². The number of piperidine rings is 1. The predicted octanol–water partition coefficient (Wildman–Crippen LogP) is 2.57. The molecule has 1 heterocycles. The van der Waals surface area contributed by atoms with Gasteiger partial charge in [0.1, 0.15) is 0 Å². The fourth-order valence-corrected chi connectivity index (χ4v) is 2.68. The Morgan fingerprint density at radius 2 is 2.16 bits per heavy atom. The van der Waals surface area contributed by atoms with Gasteiger partial charge in [-0.25, -0.2) is 0 Å². The van der Waals surface area contributed by atoms with Gasteiger partial charge in [0.15, 0.2) is 11.5 Å². The van der Waals surface area contributed by atoms with Gasteiger partial charge in [0.2, 0.25) is 0 Å². The van der Waals surface area contributed by atoms with E-state index in [0.717, 1.165) is 31.5 Å². The minimum absolute atomic E-state index is 0.187. The number of nitrogens with zero attached hydrogens (tertiary/aromatic N) is 1. The molecule has 0 radical (unpaired) electrons. The highest BCUT2D eigenvalue weighted by Crippen LogP contribution is 2.32. The molecule has 4 nitrogen and oxygen atoms in total. The molecule has 1 fully saturated rings. The van der Waals surface area contributed by atoms with Crippen molar-refractivity contribution in [3.8, 4) is 11.5 Å². The van der Waals surface area contributed by atoms with E-state index < -0.39 is 0 Å². The van der Waals surface area contributed by atoms with Gasteiger partial charge in [-0.05, 0) is 44.0 Å². The Hall–Kier alpha value is -1.26. The van der Waals surface area contributed by atoms with Crippen LogP contribution in [0.1, 0.15) is 31.4 Å². The van der Waals surface area contributed by atoms with E-state index in [2.05, 4.69) is 11.8 Å². The molecule has 19 heavy (non-hydrogen) atoms. The van der Waals surface area contributed by atoms with Crippen LogP contribution in [0.4, 0.5) is 0 Å². The van der Waals surface area contributed by atoms with Crippen LogP contribution in [-0.2, 0) is 4.74 Å². The van der Waals surface area contributed by atoms with E-state index in [1.165, 1.54) is 0 Å². The van der Waals surface area contributed by atoms with Crippen molar-refractivity contribution in [3.63, 3.8) is 0 Å². The van der Waals surface area contributed by atoms with Crippen molar-refractivity contribution in [3.05, 3.63) is 23.8 Å². The van der Waals surface area contributed by atoms with Gasteiger partial charge >= 0.3 is 0 Å². The predicted molar refractivity (Wildman–Crippen MR) is 74.7 cm³/mol. The summed E-state index contributed by atoms with van der Waals surface area (Å²) in [5.74, 6) is 0.719. The summed E-state index contributed by atoms with van der Waals surface area (Å²) in [4.78, 5) is 2.42. The van der Waals surface area contributed by atoms with Crippen LogP contribution in [0.3, 0.4) is 0 Å². The summed E-state index contributed by atoms with van der Waals surface area (Å²) < 4.78 is 10.6. The highest BCUT2D eigenvalue weighted by Gasteiger charge is 2.24. The lowest BCUT2D eigenvalue weighted by atomic mass is 10.0. The van der Waals surface area contributed by atoms with Crippen molar-refractivity contribution in [2.24, 2.45) is 0 Å². The van der Waals surface area contributed by atoms with Crippen molar-refractivity contribution in [2.45, 2.75) is 31.9 Å². The molecular formula is C15H23NO3. The highest BCUT2D eigenvalue weighted by atomic mass is 16.5. The van der Waals surface area contributed by atoms with Crippen LogP contribution in [0.25, 0.3) is 0 Å². The number of aromatic hydroxyl groups is 1. The van der Waals surface area contributed by atoms with Crippen LogP contribution in [0.15, 0.2) is 18.2 Å². The number of likely N-dealkylation sites (tertiary alicyclic amines) is 1. The summed E-state index contributed by atoms with van der Waals surface area (Å²) >= 11 is 0. The average molecular weight is 265 g/mol. The van der Waals surface area contributed by atoms with E-state index in [1.807, 2.05) is 12.1 Å². The molecule has 1 aliphatic rings. The van der Waals surface area contributed by atoms with Crippen molar-refractivity contribution in [2.75, 3.05) is 27.3 Å². The zero-order valence-electron chi connectivity index (χ0n) is 11.9. The van der Waals surface area contributed by atoms with E-state index in [9.17, 15) is 5.11 Å². The largest absolute Gasteiger partial charge is 0.504 e. The molecule has 2 unspecified atom stereocenters. The number of phenolic OH excluding ortho intramolecular Hbond substituents is 1. The van der Waals surface area contributed by atoms with Gasteiger partial charge in [-0.2, -0.15) is 0 Å². The van der Waals surface area contributed by atoms with Gasteiger partial charge in [-0.15, -0.1) is 0 Å². The fourth-order valence-electron chi connectivity index (χ4n) is 2.68. The van der Waals surface area contributed by atoms with Gasteiger partial charge in [-0.1, -0.05) is 6.07 Å². The highest BCUT2D eigenvalue weighted by molar-refractivity contribution is 5.42. The molecular weight excluding hydrogens is 242 g/mol. The first-order valence-corrected chi connectivity index (χ1v) is 6.79. The number of rotatable bonds is 4. The minimum atomic E-state index is 0.187. The Kier molecular flexibility index (Phi) is 4.66. The molecule has 0 saturated carbocycles. The number of methoxy groups -OCH3 is 2. The van der Waals surface area contributed by atoms with Gasteiger partial charge in [0.05, 0.1) is 13.2 Å². The summed E-state index contributed by atoms with van der Waals surface area (Å²) in [6.45, 7) is 4.23. The third-order valence-corrected chi connectivity index (χ3v) is 3.98. The number of hydrogen-bond acceptors (Lipinski definition) is 4. The van der Waals surface area contributed by atoms with Crippen molar-refractivity contribution in [1.82, 2.24) is 4.90 Å². The molecule has 1 saturated heterocycles. The lowest BCUT2D eigenvalue weighted by molar-refractivity contribution is 0.0171. The molecule has 106 valence electrons. The Balaban J connectivity index is 2.12. The Labute approximate surface area is 114 Å². The zero-order chi connectivity index (χ0) is 13.8. The molecule has 0 bridgehead atoms. The van der Waals surface area contributed by atoms with Crippen LogP contribution < -0.4 is 4.74 Å². The summed E-state index contributed by atoms with van der Waals surface area (Å²) in [6.07, 6.45) is 2.63. The second kappa shape index (κ2) is 6.26. The van der Waals surface area contributed by atoms with Crippen LogP contribution in [-0.4, -0.2) is 43.4 Å². The monoisotopic (exact) mass is 265 g/mol. The quantitative estimate of drug-likeness (QED) is 0.908. The molecule has 0 spiro atoms. The summed E-state index contributed by atoms with van der Waals surface area (Å²) in [6, 6.07) is 5.87. The van der Waals surface area contributed by atoms with Crippen LogP contribution in [0, 0.1) is 0 Å². The van der Waals surface area contributed by atoms with Crippen molar-refractivity contribution in [1.29, 1.82) is 0 Å². The third kappa shape index (κ3) is 3.19. The second-order valence-corrected chi connectivity index (χ2v) is 5.10.